The fourth-order valence-corrected chi connectivity index (χ4v) is 2.70. The van der Waals surface area contributed by atoms with Crippen molar-refractivity contribution in [1.82, 2.24) is 0 Å². The molecule has 0 radical (unpaired) electrons. The predicted molar refractivity (Wildman–Crippen MR) is 119 cm³/mol. The van der Waals surface area contributed by atoms with Gasteiger partial charge in [-0.2, -0.15) is 0 Å². The largest absolute Gasteiger partial charge is 0.493 e. The Morgan fingerprint density at radius 2 is 1.76 bits per heavy atom. The third kappa shape index (κ3) is 7.07. The first-order chi connectivity index (χ1) is 15.4. The van der Waals surface area contributed by atoms with Gasteiger partial charge in [-0.15, -0.1) is 0 Å². The highest BCUT2D eigenvalue weighted by molar-refractivity contribution is 5.87. The smallest absolute Gasteiger partial charge is 0.429 e. The molecule has 11 nitrogen and oxygen atoms in total. The summed E-state index contributed by atoms with van der Waals surface area (Å²) >= 11 is 0. The molecule has 1 amide bonds. The van der Waals surface area contributed by atoms with E-state index in [4.69, 9.17) is 24.8 Å². The first-order valence-corrected chi connectivity index (χ1v) is 10.0. The Morgan fingerprint density at radius 3 is 2.33 bits per heavy atom. The summed E-state index contributed by atoms with van der Waals surface area (Å²) in [5.41, 5.74) is -0.553. The van der Waals surface area contributed by atoms with E-state index in [0.717, 1.165) is 6.07 Å². The molecule has 33 heavy (non-hydrogen) atoms. The number of nitro benzene ring substituents is 1. The van der Waals surface area contributed by atoms with Crippen LogP contribution in [0.4, 0.5) is 16.2 Å². The number of nitrogens with zero attached hydrogens (tertiary/aromatic N) is 2. The summed E-state index contributed by atoms with van der Waals surface area (Å²) in [6, 6.07) is 8.52. The monoisotopic (exact) mass is 461 g/mol. The van der Waals surface area contributed by atoms with Gasteiger partial charge >= 0.3 is 17.7 Å². The van der Waals surface area contributed by atoms with Crippen molar-refractivity contribution in [2.45, 2.75) is 39.7 Å². The molecular weight excluding hydrogens is 434 g/mol. The molecule has 0 aromatic heterocycles. The van der Waals surface area contributed by atoms with Crippen LogP contribution in [-0.4, -0.2) is 36.3 Å². The van der Waals surface area contributed by atoms with Crippen LogP contribution in [0.2, 0.25) is 0 Å². The minimum absolute atomic E-state index is 0.0380. The third-order valence-electron chi connectivity index (χ3n) is 4.11. The number of carbonyl (C=O) groups excluding carboxylic acids is 2. The van der Waals surface area contributed by atoms with Gasteiger partial charge in [-0.05, 0) is 57.5 Å². The molecule has 0 aliphatic carbocycles. The van der Waals surface area contributed by atoms with Crippen molar-refractivity contribution in [2.75, 3.05) is 18.7 Å². The molecule has 0 saturated carbocycles. The Kier molecular flexibility index (Phi) is 8.19. The SMILES string of the molecule is CCOC(=O)Cc1ccc(Oc2ccc(N(N)C(=O)OC(C)(C)C)cc2[N+](=O)[O-])c(OC)c1. The number of hydrazine groups is 1. The third-order valence-corrected chi connectivity index (χ3v) is 4.11. The molecule has 0 aliphatic heterocycles. The Bertz CT molecular complexity index is 1030. The van der Waals surface area contributed by atoms with Crippen molar-refractivity contribution in [2.24, 2.45) is 5.84 Å². The van der Waals surface area contributed by atoms with Gasteiger partial charge in [0.15, 0.2) is 11.5 Å². The Morgan fingerprint density at radius 1 is 1.09 bits per heavy atom. The van der Waals surface area contributed by atoms with Crippen LogP contribution in [0.3, 0.4) is 0 Å². The quantitative estimate of drug-likeness (QED) is 0.202. The number of hydrogen-bond donors (Lipinski definition) is 1. The highest BCUT2D eigenvalue weighted by Crippen LogP contribution is 2.38. The summed E-state index contributed by atoms with van der Waals surface area (Å²) in [4.78, 5) is 34.9. The van der Waals surface area contributed by atoms with Gasteiger partial charge < -0.3 is 18.9 Å². The highest BCUT2D eigenvalue weighted by atomic mass is 16.6. The highest BCUT2D eigenvalue weighted by Gasteiger charge is 2.25. The number of anilines is 1. The van der Waals surface area contributed by atoms with Gasteiger partial charge in [-0.1, -0.05) is 6.07 Å². The topological polar surface area (TPSA) is 143 Å². The van der Waals surface area contributed by atoms with E-state index in [2.05, 4.69) is 0 Å². The Hall–Kier alpha value is -3.86. The number of esters is 1. The second-order valence-corrected chi connectivity index (χ2v) is 7.83. The van der Waals surface area contributed by atoms with Crippen LogP contribution in [0.5, 0.6) is 17.2 Å². The molecule has 2 aromatic rings. The second kappa shape index (κ2) is 10.6. The standard InChI is InChI=1S/C22H27N3O8/c1-6-31-20(26)12-14-7-9-18(19(11-14)30-5)32-17-10-8-15(13-16(17)25(28)29)24(23)21(27)33-22(2,3)4/h7-11,13H,6,12,23H2,1-5H3. The maximum Gasteiger partial charge on any atom is 0.429 e. The van der Waals surface area contributed by atoms with Gasteiger partial charge in [0.05, 0.1) is 30.7 Å². The number of nitrogens with two attached hydrogens (primary N) is 1. The van der Waals surface area contributed by atoms with Crippen molar-refractivity contribution in [1.29, 1.82) is 0 Å². The van der Waals surface area contributed by atoms with Crippen molar-refractivity contribution < 1.29 is 33.5 Å². The number of methoxy groups -OCH3 is 1. The maximum atomic E-state index is 12.2. The molecule has 0 saturated heterocycles. The summed E-state index contributed by atoms with van der Waals surface area (Å²) in [5.74, 6) is 5.75. The molecule has 178 valence electrons. The van der Waals surface area contributed by atoms with Crippen LogP contribution < -0.4 is 20.3 Å². The van der Waals surface area contributed by atoms with E-state index in [1.54, 1.807) is 39.8 Å². The predicted octanol–water partition coefficient (Wildman–Crippen LogP) is 4.12. The number of carbonyl (C=O) groups is 2. The molecule has 0 fully saturated rings. The van der Waals surface area contributed by atoms with Gasteiger partial charge in [0, 0.05) is 6.07 Å². The van der Waals surface area contributed by atoms with Crippen molar-refractivity contribution in [3.63, 3.8) is 0 Å². The normalized spacial score (nSPS) is 10.8. The number of nitro groups is 1. The van der Waals surface area contributed by atoms with Crippen LogP contribution in [0.1, 0.15) is 33.3 Å². The van der Waals surface area contributed by atoms with E-state index in [0.29, 0.717) is 10.6 Å². The van der Waals surface area contributed by atoms with Crippen LogP contribution in [-0.2, 0) is 20.7 Å². The molecule has 2 N–H and O–H groups in total. The summed E-state index contributed by atoms with van der Waals surface area (Å²) in [7, 11) is 1.40. The van der Waals surface area contributed by atoms with Crippen LogP contribution in [0, 0.1) is 10.1 Å². The van der Waals surface area contributed by atoms with Gasteiger partial charge in [0.25, 0.3) is 0 Å². The number of hydrogen-bond acceptors (Lipinski definition) is 9. The molecule has 2 aromatic carbocycles. The van der Waals surface area contributed by atoms with Gasteiger partial charge in [-0.25, -0.2) is 15.6 Å². The van der Waals surface area contributed by atoms with Gasteiger partial charge in [0.2, 0.25) is 5.75 Å². The van der Waals surface area contributed by atoms with E-state index < -0.39 is 28.3 Å². The average molecular weight is 461 g/mol. The van der Waals surface area contributed by atoms with Crippen molar-refractivity contribution in [3.05, 3.63) is 52.1 Å². The summed E-state index contributed by atoms with van der Waals surface area (Å²) in [6.45, 7) is 6.99. The zero-order valence-electron chi connectivity index (χ0n) is 19.1. The Balaban J connectivity index is 2.31. The van der Waals surface area contributed by atoms with E-state index >= 15 is 0 Å². The first kappa shape index (κ1) is 25.4. The van der Waals surface area contributed by atoms with E-state index in [-0.39, 0.29) is 36.0 Å². The zero-order chi connectivity index (χ0) is 24.8. The van der Waals surface area contributed by atoms with E-state index in [1.807, 2.05) is 0 Å². The lowest BCUT2D eigenvalue weighted by atomic mass is 10.1. The zero-order valence-corrected chi connectivity index (χ0v) is 19.1. The molecule has 0 unspecified atom stereocenters. The van der Waals surface area contributed by atoms with Crippen LogP contribution in [0.15, 0.2) is 36.4 Å². The van der Waals surface area contributed by atoms with Crippen molar-refractivity contribution >= 4 is 23.4 Å². The molecule has 0 aliphatic rings. The summed E-state index contributed by atoms with van der Waals surface area (Å²) in [5, 5.41) is 12.3. The minimum atomic E-state index is -0.871. The molecule has 0 heterocycles. The lowest BCUT2D eigenvalue weighted by Gasteiger charge is -2.24. The number of amides is 1. The first-order valence-electron chi connectivity index (χ1n) is 10.0. The number of benzene rings is 2. The molecule has 11 heteroatoms. The summed E-state index contributed by atoms with van der Waals surface area (Å²) < 4.78 is 21.1. The fraction of sp³-hybridized carbons (Fsp3) is 0.364. The fourth-order valence-electron chi connectivity index (χ4n) is 2.70. The maximum absolute atomic E-state index is 12.2. The van der Waals surface area contributed by atoms with E-state index in [1.165, 1.54) is 25.3 Å². The lowest BCUT2D eigenvalue weighted by Crippen LogP contribution is -2.41. The van der Waals surface area contributed by atoms with E-state index in [9.17, 15) is 19.7 Å². The Labute approximate surface area is 191 Å². The molecule has 0 atom stereocenters. The summed E-state index contributed by atoms with van der Waals surface area (Å²) in [6.07, 6.45) is -0.833. The average Bonchev–Trinajstić information content (AvgIpc) is 2.73. The lowest BCUT2D eigenvalue weighted by molar-refractivity contribution is -0.385. The number of ether oxygens (including phenoxy) is 4. The van der Waals surface area contributed by atoms with Crippen LogP contribution in [0.25, 0.3) is 0 Å². The van der Waals surface area contributed by atoms with Gasteiger partial charge in [0.1, 0.15) is 5.60 Å². The molecule has 2 rings (SSSR count). The van der Waals surface area contributed by atoms with Crippen molar-refractivity contribution in [3.8, 4) is 17.2 Å². The molecule has 0 spiro atoms. The molecule has 0 bridgehead atoms. The van der Waals surface area contributed by atoms with Gasteiger partial charge in [-0.3, -0.25) is 14.9 Å². The second-order valence-electron chi connectivity index (χ2n) is 7.83. The minimum Gasteiger partial charge on any atom is -0.493 e. The van der Waals surface area contributed by atoms with Crippen LogP contribution >= 0.6 is 0 Å². The number of rotatable bonds is 8. The molecular formula is C22H27N3O8.